The number of thioether (sulfide) groups is 1. The zero-order valence-corrected chi connectivity index (χ0v) is 22.9. The van der Waals surface area contributed by atoms with Crippen molar-refractivity contribution in [2.75, 3.05) is 6.26 Å². The van der Waals surface area contributed by atoms with Gasteiger partial charge in [-0.1, -0.05) is 36.4 Å². The first-order chi connectivity index (χ1) is 18.5. The molecular weight excluding hydrogens is 507 g/mol. The molecule has 0 radical (unpaired) electrons. The Bertz CT molecular complexity index is 1710. The lowest BCUT2D eigenvalue weighted by atomic mass is 10.0. The normalized spacial score (nSPS) is 11.8. The molecule has 0 aliphatic heterocycles. The minimum Gasteiger partial charge on any atom is -0.341 e. The van der Waals surface area contributed by atoms with Crippen LogP contribution in [0.4, 0.5) is 0 Å². The van der Waals surface area contributed by atoms with Gasteiger partial charge in [-0.3, -0.25) is 9.59 Å². The monoisotopic (exact) mass is 533 g/mol. The van der Waals surface area contributed by atoms with Gasteiger partial charge in [0.25, 0.3) is 0 Å². The van der Waals surface area contributed by atoms with Gasteiger partial charge in [0.1, 0.15) is 0 Å². The molecule has 0 unspecified atom stereocenters. The molecule has 0 aliphatic carbocycles. The van der Waals surface area contributed by atoms with Gasteiger partial charge >= 0.3 is 0 Å². The van der Waals surface area contributed by atoms with E-state index in [1.54, 1.807) is 23.9 Å². The van der Waals surface area contributed by atoms with Gasteiger partial charge in [0, 0.05) is 49.3 Å². The fourth-order valence-corrected chi connectivity index (χ4v) is 5.15. The van der Waals surface area contributed by atoms with E-state index in [1.807, 2.05) is 103 Å². The van der Waals surface area contributed by atoms with E-state index in [0.717, 1.165) is 44.4 Å². The van der Waals surface area contributed by atoms with Crippen LogP contribution in [0.3, 0.4) is 0 Å². The van der Waals surface area contributed by atoms with Crippen LogP contribution in [0.5, 0.6) is 0 Å². The van der Waals surface area contributed by atoms with Crippen molar-refractivity contribution in [3.05, 3.63) is 119 Å². The Labute approximate surface area is 232 Å². The van der Waals surface area contributed by atoms with Gasteiger partial charge in [0.2, 0.25) is 0 Å². The van der Waals surface area contributed by atoms with E-state index in [-0.39, 0.29) is 11.6 Å². The number of benzene rings is 4. The Hall–Kier alpha value is -3.80. The summed E-state index contributed by atoms with van der Waals surface area (Å²) in [6.45, 7) is 2.88. The fourth-order valence-electron chi connectivity index (χ4n) is 4.59. The molecule has 0 aliphatic rings. The molecule has 0 spiro atoms. The van der Waals surface area contributed by atoms with Gasteiger partial charge in [-0.15, -0.1) is 24.4 Å². The Morgan fingerprint density at radius 1 is 0.737 bits per heavy atom. The second-order valence-electron chi connectivity index (χ2n) is 8.97. The summed E-state index contributed by atoms with van der Waals surface area (Å²) in [6, 6.07) is 27.4. The summed E-state index contributed by atoms with van der Waals surface area (Å²) in [5, 5.41) is 1.93. The third kappa shape index (κ3) is 5.40. The molecule has 5 aromatic rings. The zero-order valence-electron chi connectivity index (χ0n) is 21.2. The van der Waals surface area contributed by atoms with Crippen LogP contribution in [-0.4, -0.2) is 22.4 Å². The van der Waals surface area contributed by atoms with Gasteiger partial charge in [-0.2, -0.15) is 0 Å². The molecule has 5 heteroatoms. The Morgan fingerprint density at radius 3 is 1.66 bits per heavy atom. The first-order valence-corrected chi connectivity index (χ1v) is 14.1. The molecule has 188 valence electrons. The predicted octanol–water partition coefficient (Wildman–Crippen LogP) is 8.62. The number of hydrogen-bond acceptors (Lipinski definition) is 4. The van der Waals surface area contributed by atoms with Crippen molar-refractivity contribution in [3.63, 3.8) is 0 Å². The number of carbonyl (C=O) groups is 2. The number of carbonyl (C=O) groups excluding carboxylic acids is 2. The van der Waals surface area contributed by atoms with E-state index in [0.29, 0.717) is 11.1 Å². The number of allylic oxidation sites excluding steroid dienone is 2. The van der Waals surface area contributed by atoms with Crippen LogP contribution < -0.4 is 0 Å². The molecule has 1 aromatic heterocycles. The Balaban J connectivity index is 1.47. The van der Waals surface area contributed by atoms with Crippen LogP contribution in [0.2, 0.25) is 0 Å². The van der Waals surface area contributed by atoms with E-state index in [9.17, 15) is 9.59 Å². The summed E-state index contributed by atoms with van der Waals surface area (Å²) in [7, 11) is 0. The summed E-state index contributed by atoms with van der Waals surface area (Å²) in [5.74, 6) is -0.123. The highest BCUT2D eigenvalue weighted by molar-refractivity contribution is 7.98. The average molecular weight is 534 g/mol. The third-order valence-electron chi connectivity index (χ3n) is 6.61. The summed E-state index contributed by atoms with van der Waals surface area (Å²) in [5.41, 5.74) is 5.24. The van der Waals surface area contributed by atoms with Gasteiger partial charge < -0.3 is 4.57 Å². The lowest BCUT2D eigenvalue weighted by Gasteiger charge is -2.03. The number of hydrogen-bond donors (Lipinski definition) is 1. The quantitative estimate of drug-likeness (QED) is 0.0939. The topological polar surface area (TPSA) is 39.1 Å². The van der Waals surface area contributed by atoms with Crippen LogP contribution in [0, 0.1) is 0 Å². The first-order valence-electron chi connectivity index (χ1n) is 12.4. The van der Waals surface area contributed by atoms with E-state index in [1.165, 1.54) is 4.90 Å². The molecule has 5 rings (SSSR count). The zero-order chi connectivity index (χ0) is 26.6. The van der Waals surface area contributed by atoms with Crippen molar-refractivity contribution >= 4 is 69.9 Å². The number of aryl methyl sites for hydroxylation is 1. The maximum atomic E-state index is 13.0. The van der Waals surface area contributed by atoms with Gasteiger partial charge in [0.05, 0.1) is 0 Å². The number of ketones is 2. The Kier molecular flexibility index (Phi) is 7.68. The van der Waals surface area contributed by atoms with Gasteiger partial charge in [-0.25, -0.2) is 0 Å². The smallest absolute Gasteiger partial charge is 0.185 e. The third-order valence-corrected chi connectivity index (χ3v) is 7.66. The molecule has 4 aromatic carbocycles. The number of nitrogens with zero attached hydrogens (tertiary/aromatic N) is 1. The van der Waals surface area contributed by atoms with Crippen molar-refractivity contribution in [2.45, 2.75) is 23.3 Å². The first kappa shape index (κ1) is 25.8. The standard InChI is InChI=1S/C33H27NO2S2/c1-3-34-30-16-10-24(32(35)18-8-22-4-12-26(37)13-5-22)20-28(30)29-21-25(11-17-31(29)34)33(36)19-9-23-6-14-27(38-2)15-7-23/h4-21,37H,3H2,1-2H3/b18-8+,19-9+. The molecule has 38 heavy (non-hydrogen) atoms. The van der Waals surface area contributed by atoms with Crippen LogP contribution in [0.25, 0.3) is 34.0 Å². The number of aromatic nitrogens is 1. The lowest BCUT2D eigenvalue weighted by molar-refractivity contribution is 0.104. The molecule has 1 heterocycles. The number of fused-ring (bicyclic) bond motifs is 3. The molecule has 0 bridgehead atoms. The Morgan fingerprint density at radius 2 is 1.21 bits per heavy atom. The molecule has 0 amide bonds. The van der Waals surface area contributed by atoms with Crippen LogP contribution in [0.15, 0.2) is 107 Å². The van der Waals surface area contributed by atoms with Crippen LogP contribution >= 0.6 is 24.4 Å². The second-order valence-corrected chi connectivity index (χ2v) is 10.4. The molecule has 0 fully saturated rings. The highest BCUT2D eigenvalue weighted by atomic mass is 32.2. The minimum atomic E-state index is -0.0677. The van der Waals surface area contributed by atoms with Crippen molar-refractivity contribution in [3.8, 4) is 0 Å². The van der Waals surface area contributed by atoms with Crippen molar-refractivity contribution < 1.29 is 9.59 Å². The predicted molar refractivity (Wildman–Crippen MR) is 164 cm³/mol. The minimum absolute atomic E-state index is 0.0550. The summed E-state index contributed by atoms with van der Waals surface area (Å²) >= 11 is 6.00. The van der Waals surface area contributed by atoms with E-state index >= 15 is 0 Å². The maximum absolute atomic E-state index is 13.0. The second kappa shape index (κ2) is 11.3. The van der Waals surface area contributed by atoms with Crippen LogP contribution in [0.1, 0.15) is 38.8 Å². The molecular formula is C33H27NO2S2. The maximum Gasteiger partial charge on any atom is 0.185 e. The van der Waals surface area contributed by atoms with Crippen LogP contribution in [-0.2, 0) is 6.54 Å². The van der Waals surface area contributed by atoms with E-state index in [4.69, 9.17) is 0 Å². The molecule has 3 nitrogen and oxygen atoms in total. The highest BCUT2D eigenvalue weighted by Crippen LogP contribution is 2.31. The molecule has 0 saturated carbocycles. The summed E-state index contributed by atoms with van der Waals surface area (Å²) < 4.78 is 2.21. The SMILES string of the molecule is CCn1c2ccc(C(=O)/C=C/c3ccc(S)cc3)cc2c2cc(C(=O)/C=C/c3ccc(SC)cc3)ccc21. The highest BCUT2D eigenvalue weighted by Gasteiger charge is 2.14. The van der Waals surface area contributed by atoms with Crippen molar-refractivity contribution in [1.29, 1.82) is 0 Å². The molecule has 0 saturated heterocycles. The largest absolute Gasteiger partial charge is 0.341 e. The molecule has 0 atom stereocenters. The molecule has 0 N–H and O–H groups in total. The fraction of sp³-hybridized carbons (Fsp3) is 0.0909. The van der Waals surface area contributed by atoms with E-state index < -0.39 is 0 Å². The van der Waals surface area contributed by atoms with Gasteiger partial charge in [0.15, 0.2) is 11.6 Å². The van der Waals surface area contributed by atoms with Gasteiger partial charge in [-0.05, 0) is 97.1 Å². The number of rotatable bonds is 8. The summed E-state index contributed by atoms with van der Waals surface area (Å²) in [4.78, 5) is 28.1. The number of thiol groups is 1. The van der Waals surface area contributed by atoms with Crippen molar-refractivity contribution in [2.24, 2.45) is 0 Å². The lowest BCUT2D eigenvalue weighted by Crippen LogP contribution is -1.96. The van der Waals surface area contributed by atoms with Crippen molar-refractivity contribution in [1.82, 2.24) is 4.57 Å². The summed E-state index contributed by atoms with van der Waals surface area (Å²) in [6.07, 6.45) is 8.91. The van der Waals surface area contributed by atoms with E-state index in [2.05, 4.69) is 24.1 Å². The average Bonchev–Trinajstić information content (AvgIpc) is 3.27.